The van der Waals surface area contributed by atoms with Crippen LogP contribution in [0.15, 0.2) is 16.7 Å². The van der Waals surface area contributed by atoms with Gasteiger partial charge in [-0.3, -0.25) is 4.98 Å². The number of pyridine rings is 1. The molecule has 1 aliphatic rings. The first-order chi connectivity index (χ1) is 9.07. The number of hydrogen-bond acceptors (Lipinski definition) is 3. The molecule has 1 aromatic rings. The van der Waals surface area contributed by atoms with Gasteiger partial charge in [-0.2, -0.15) is 0 Å². The third kappa shape index (κ3) is 3.55. The van der Waals surface area contributed by atoms with Crippen molar-refractivity contribution in [3.8, 4) is 0 Å². The van der Waals surface area contributed by atoms with Crippen LogP contribution in [-0.4, -0.2) is 28.2 Å². The maximum atomic E-state index is 12.0. The number of ether oxygens (including phenoxy) is 1. The molecule has 0 aliphatic carbocycles. The molecule has 0 aromatic carbocycles. The van der Waals surface area contributed by atoms with Gasteiger partial charge >= 0.3 is 0 Å². The lowest BCUT2D eigenvalue weighted by Gasteiger charge is -2.41. The molecule has 2 heterocycles. The molecule has 4 nitrogen and oxygen atoms in total. The molecule has 1 fully saturated rings. The van der Waals surface area contributed by atoms with E-state index >= 15 is 0 Å². The molecule has 1 atom stereocenters. The van der Waals surface area contributed by atoms with E-state index in [1.807, 2.05) is 0 Å². The minimum Gasteiger partial charge on any atom is -0.377 e. The van der Waals surface area contributed by atoms with Gasteiger partial charge in [-0.25, -0.2) is 8.93 Å². The summed E-state index contributed by atoms with van der Waals surface area (Å²) in [6.07, 6.45) is 3.56. The Hall–Kier alpha value is -0.0100. The average molecular weight is 368 g/mol. The van der Waals surface area contributed by atoms with Gasteiger partial charge in [-0.05, 0) is 28.4 Å². The smallest absolute Gasteiger partial charge is 0.120 e. The molecule has 0 spiro atoms. The number of aromatic nitrogens is 1. The van der Waals surface area contributed by atoms with Crippen molar-refractivity contribution in [1.82, 2.24) is 9.71 Å². The van der Waals surface area contributed by atoms with Crippen molar-refractivity contribution >= 4 is 38.5 Å². The molecule has 0 bridgehead atoms. The van der Waals surface area contributed by atoms with Crippen molar-refractivity contribution in [3.05, 3.63) is 27.5 Å². The van der Waals surface area contributed by atoms with Gasteiger partial charge < -0.3 is 4.74 Å². The highest BCUT2D eigenvalue weighted by Crippen LogP contribution is 2.34. The molecule has 0 radical (unpaired) electrons. The van der Waals surface area contributed by atoms with Crippen molar-refractivity contribution in [2.75, 3.05) is 19.0 Å². The van der Waals surface area contributed by atoms with Crippen LogP contribution in [0.3, 0.4) is 0 Å². The van der Waals surface area contributed by atoms with Gasteiger partial charge in [0, 0.05) is 16.4 Å². The van der Waals surface area contributed by atoms with Crippen molar-refractivity contribution in [3.63, 3.8) is 0 Å². The molecule has 19 heavy (non-hydrogen) atoms. The second-order valence-corrected chi connectivity index (χ2v) is 7.16. The Morgan fingerprint density at radius 1 is 1.63 bits per heavy atom. The highest BCUT2D eigenvalue weighted by Gasteiger charge is 2.44. The lowest BCUT2D eigenvalue weighted by atomic mass is 9.94. The van der Waals surface area contributed by atoms with Crippen LogP contribution in [0.5, 0.6) is 0 Å². The fraction of sp³-hybridized carbons (Fsp3) is 0.583. The SMILES string of the molecule is CCCCS(=O)NC1(c2ncc(Cl)cc2Br)COC1. The number of nitrogens with one attached hydrogen (secondary N) is 1. The van der Waals surface area contributed by atoms with Gasteiger partial charge in [0.1, 0.15) is 5.54 Å². The lowest BCUT2D eigenvalue weighted by Crippen LogP contribution is -2.58. The fourth-order valence-corrected chi connectivity index (χ4v) is 4.18. The maximum Gasteiger partial charge on any atom is 0.120 e. The molecule has 0 amide bonds. The highest BCUT2D eigenvalue weighted by molar-refractivity contribution is 9.10. The number of rotatable bonds is 6. The van der Waals surface area contributed by atoms with Crippen LogP contribution in [0.4, 0.5) is 0 Å². The van der Waals surface area contributed by atoms with Gasteiger partial charge in [0.05, 0.1) is 34.9 Å². The fourth-order valence-electron chi connectivity index (χ4n) is 1.86. The number of hydrogen-bond donors (Lipinski definition) is 1. The Morgan fingerprint density at radius 3 is 2.89 bits per heavy atom. The van der Waals surface area contributed by atoms with E-state index in [0.29, 0.717) is 24.0 Å². The molecule has 1 unspecified atom stereocenters. The van der Waals surface area contributed by atoms with Crippen LogP contribution < -0.4 is 4.72 Å². The van der Waals surface area contributed by atoms with Crippen LogP contribution >= 0.6 is 27.5 Å². The van der Waals surface area contributed by atoms with E-state index in [4.69, 9.17) is 16.3 Å². The van der Waals surface area contributed by atoms with Gasteiger partial charge in [-0.1, -0.05) is 24.9 Å². The molecule has 1 saturated heterocycles. The van der Waals surface area contributed by atoms with Crippen LogP contribution in [-0.2, 0) is 21.3 Å². The summed E-state index contributed by atoms with van der Waals surface area (Å²) in [7, 11) is -1.08. The van der Waals surface area contributed by atoms with E-state index in [-0.39, 0.29) is 0 Å². The molecule has 2 rings (SSSR count). The van der Waals surface area contributed by atoms with Gasteiger partial charge in [0.15, 0.2) is 0 Å². The Morgan fingerprint density at radius 2 is 2.37 bits per heavy atom. The molecule has 7 heteroatoms. The first-order valence-electron chi connectivity index (χ1n) is 6.13. The van der Waals surface area contributed by atoms with Crippen molar-refractivity contribution in [2.45, 2.75) is 25.3 Å². The molecule has 106 valence electrons. The topological polar surface area (TPSA) is 51.2 Å². The summed E-state index contributed by atoms with van der Waals surface area (Å²) >= 11 is 9.36. The summed E-state index contributed by atoms with van der Waals surface area (Å²) in [5, 5.41) is 0.568. The zero-order chi connectivity index (χ0) is 13.9. The van der Waals surface area contributed by atoms with Crippen LogP contribution in [0.2, 0.25) is 5.02 Å². The lowest BCUT2D eigenvalue weighted by molar-refractivity contribution is -0.0683. The largest absolute Gasteiger partial charge is 0.377 e. The Bertz CT molecular complexity index is 483. The van der Waals surface area contributed by atoms with E-state index in [1.165, 1.54) is 0 Å². The van der Waals surface area contributed by atoms with E-state index in [1.54, 1.807) is 12.3 Å². The Kier molecular flexibility index (Phi) is 5.37. The van der Waals surface area contributed by atoms with Gasteiger partial charge in [0.25, 0.3) is 0 Å². The summed E-state index contributed by atoms with van der Waals surface area (Å²) in [5.41, 5.74) is 0.329. The van der Waals surface area contributed by atoms with Crippen LogP contribution in [0.1, 0.15) is 25.5 Å². The quantitative estimate of drug-likeness (QED) is 0.841. The normalized spacial score (nSPS) is 18.9. The first-order valence-corrected chi connectivity index (χ1v) is 8.62. The van der Waals surface area contributed by atoms with E-state index in [0.717, 1.165) is 23.0 Å². The minimum absolute atomic E-state index is 0.470. The predicted octanol–water partition coefficient (Wildman–Crippen LogP) is 2.78. The molecule has 1 aromatic heterocycles. The zero-order valence-corrected chi connectivity index (χ0v) is 13.8. The molecular formula is C12H16BrClN2O2S. The van der Waals surface area contributed by atoms with Crippen molar-refractivity contribution < 1.29 is 8.95 Å². The summed E-state index contributed by atoms with van der Waals surface area (Å²) in [6, 6.07) is 1.79. The standard InChI is InChI=1S/C12H16BrClN2O2S/c1-2-3-4-19(17)16-12(7-18-8-12)11-10(13)5-9(14)6-15-11/h5-6,16H,2-4,7-8H2,1H3. The zero-order valence-electron chi connectivity index (χ0n) is 10.6. The first kappa shape index (κ1) is 15.4. The van der Waals surface area contributed by atoms with E-state index in [9.17, 15) is 4.21 Å². The average Bonchev–Trinajstić information content (AvgIpc) is 2.32. The number of nitrogens with zero attached hydrogens (tertiary/aromatic N) is 1. The van der Waals surface area contributed by atoms with Crippen molar-refractivity contribution in [2.24, 2.45) is 0 Å². The Balaban J connectivity index is 2.16. The van der Waals surface area contributed by atoms with Crippen LogP contribution in [0, 0.1) is 0 Å². The van der Waals surface area contributed by atoms with Gasteiger partial charge in [-0.15, -0.1) is 0 Å². The van der Waals surface area contributed by atoms with Gasteiger partial charge in [0.2, 0.25) is 0 Å². The third-order valence-corrected chi connectivity index (χ3v) is 5.04. The van der Waals surface area contributed by atoms with E-state index < -0.39 is 16.5 Å². The highest BCUT2D eigenvalue weighted by atomic mass is 79.9. The monoisotopic (exact) mass is 366 g/mol. The Labute approximate surface area is 129 Å². The third-order valence-electron chi connectivity index (χ3n) is 2.95. The summed E-state index contributed by atoms with van der Waals surface area (Å²) in [5.74, 6) is 0.642. The summed E-state index contributed by atoms with van der Waals surface area (Å²) in [4.78, 5) is 4.35. The number of unbranched alkanes of at least 4 members (excludes halogenated alkanes) is 1. The summed E-state index contributed by atoms with van der Waals surface area (Å²) < 4.78 is 21.3. The molecular weight excluding hydrogens is 352 g/mol. The van der Waals surface area contributed by atoms with Crippen molar-refractivity contribution in [1.29, 1.82) is 0 Å². The number of halogens is 2. The second-order valence-electron chi connectivity index (χ2n) is 4.56. The minimum atomic E-state index is -1.08. The predicted molar refractivity (Wildman–Crippen MR) is 80.5 cm³/mol. The molecule has 1 N–H and O–H groups in total. The molecule has 0 saturated carbocycles. The van der Waals surface area contributed by atoms with Crippen LogP contribution in [0.25, 0.3) is 0 Å². The molecule has 1 aliphatic heterocycles. The maximum absolute atomic E-state index is 12.0. The van der Waals surface area contributed by atoms with E-state index in [2.05, 4.69) is 32.6 Å². The summed E-state index contributed by atoms with van der Waals surface area (Å²) in [6.45, 7) is 3.02. The second kappa shape index (κ2) is 6.63.